The van der Waals surface area contributed by atoms with Crippen LogP contribution in [0.1, 0.15) is 72.1 Å². The monoisotopic (exact) mass is 266 g/mol. The normalized spacial score (nSPS) is 12.9. The van der Waals surface area contributed by atoms with Crippen LogP contribution < -0.4 is 0 Å². The molecule has 0 unspecified atom stereocenters. The minimum Gasteiger partial charge on any atom is -0.264 e. The Morgan fingerprint density at radius 3 is 1.94 bits per heavy atom. The van der Waals surface area contributed by atoms with Crippen molar-refractivity contribution in [3.8, 4) is 0 Å². The zero-order valence-corrected chi connectivity index (χ0v) is 12.1. The third-order valence-electron chi connectivity index (χ3n) is 2.71. The summed E-state index contributed by atoms with van der Waals surface area (Å²) in [5, 5.41) is 0. The molecule has 0 rings (SSSR count). The molecule has 0 aromatic heterocycles. The Balaban J connectivity index is 3.59. The highest BCUT2D eigenvalue weighted by Gasteiger charge is 2.24. The summed E-state index contributed by atoms with van der Waals surface area (Å²) in [6, 6.07) is 0. The second-order valence-electron chi connectivity index (χ2n) is 5.14. The van der Waals surface area contributed by atoms with Gasteiger partial charge in [-0.25, -0.2) is 4.18 Å². The van der Waals surface area contributed by atoms with E-state index in [9.17, 15) is 8.42 Å². The maximum absolute atomic E-state index is 10.6. The Morgan fingerprint density at radius 2 is 1.47 bits per heavy atom. The lowest BCUT2D eigenvalue weighted by atomic mass is 10.00. The molecular weight excluding hydrogens is 240 g/mol. The standard InChI is InChI=1S/C12H26O4S/c1-4-5-6-7-8-9-10-11-12(2,3)16-17(13,14)15/h4-11H2,1-3H3,(H,13,14,15). The predicted molar refractivity (Wildman–Crippen MR) is 69.3 cm³/mol. The Kier molecular flexibility index (Phi) is 8.00. The van der Waals surface area contributed by atoms with Crippen LogP contribution in [0.4, 0.5) is 0 Å². The van der Waals surface area contributed by atoms with Crippen molar-refractivity contribution in [1.29, 1.82) is 0 Å². The molecule has 0 saturated heterocycles. The average molecular weight is 266 g/mol. The number of unbranched alkanes of at least 4 members (excludes halogenated alkanes) is 6. The van der Waals surface area contributed by atoms with Crippen LogP contribution in [-0.2, 0) is 14.6 Å². The number of rotatable bonds is 10. The molecule has 104 valence electrons. The zero-order valence-electron chi connectivity index (χ0n) is 11.2. The topological polar surface area (TPSA) is 63.6 Å². The van der Waals surface area contributed by atoms with Crippen molar-refractivity contribution in [1.82, 2.24) is 0 Å². The van der Waals surface area contributed by atoms with Gasteiger partial charge in [0.2, 0.25) is 0 Å². The van der Waals surface area contributed by atoms with Gasteiger partial charge in [0.25, 0.3) is 0 Å². The highest BCUT2D eigenvalue weighted by atomic mass is 32.3. The molecule has 0 aliphatic carbocycles. The van der Waals surface area contributed by atoms with Crippen LogP contribution in [-0.4, -0.2) is 18.6 Å². The number of hydrogen-bond donors (Lipinski definition) is 1. The van der Waals surface area contributed by atoms with Crippen molar-refractivity contribution in [2.45, 2.75) is 77.7 Å². The second kappa shape index (κ2) is 8.06. The largest absolute Gasteiger partial charge is 0.397 e. The van der Waals surface area contributed by atoms with Gasteiger partial charge in [0.05, 0.1) is 5.60 Å². The molecular formula is C12H26O4S. The Morgan fingerprint density at radius 1 is 1.00 bits per heavy atom. The van der Waals surface area contributed by atoms with Crippen LogP contribution in [0.5, 0.6) is 0 Å². The fourth-order valence-electron chi connectivity index (χ4n) is 1.83. The van der Waals surface area contributed by atoms with Gasteiger partial charge in [-0.3, -0.25) is 4.55 Å². The zero-order chi connectivity index (χ0) is 13.4. The molecule has 0 atom stereocenters. The molecule has 17 heavy (non-hydrogen) atoms. The van der Waals surface area contributed by atoms with Gasteiger partial charge in [0.15, 0.2) is 0 Å². The highest BCUT2D eigenvalue weighted by molar-refractivity contribution is 7.80. The molecule has 5 heteroatoms. The van der Waals surface area contributed by atoms with Gasteiger partial charge in [-0.15, -0.1) is 0 Å². The molecule has 0 radical (unpaired) electrons. The lowest BCUT2D eigenvalue weighted by Gasteiger charge is -2.22. The summed E-state index contributed by atoms with van der Waals surface area (Å²) in [5.41, 5.74) is -0.809. The first-order valence-electron chi connectivity index (χ1n) is 6.45. The first-order valence-corrected chi connectivity index (χ1v) is 7.81. The van der Waals surface area contributed by atoms with E-state index in [1.54, 1.807) is 13.8 Å². The summed E-state index contributed by atoms with van der Waals surface area (Å²) in [4.78, 5) is 0. The SMILES string of the molecule is CCCCCCCCCC(C)(C)OS(=O)(=O)O. The molecule has 0 aromatic carbocycles. The van der Waals surface area contributed by atoms with E-state index in [1.165, 1.54) is 32.1 Å². The summed E-state index contributed by atoms with van der Waals surface area (Å²) >= 11 is 0. The van der Waals surface area contributed by atoms with E-state index >= 15 is 0 Å². The van der Waals surface area contributed by atoms with Crippen LogP contribution in [0.15, 0.2) is 0 Å². The Labute approximate surface area is 106 Å². The van der Waals surface area contributed by atoms with Crippen molar-refractivity contribution >= 4 is 10.4 Å². The second-order valence-corrected chi connectivity index (χ2v) is 6.16. The van der Waals surface area contributed by atoms with Crippen molar-refractivity contribution in [3.05, 3.63) is 0 Å². The van der Waals surface area contributed by atoms with Gasteiger partial charge >= 0.3 is 10.4 Å². The van der Waals surface area contributed by atoms with Crippen LogP contribution in [0.25, 0.3) is 0 Å². The third kappa shape index (κ3) is 12.1. The molecule has 0 aliphatic rings. The van der Waals surface area contributed by atoms with Crippen LogP contribution >= 0.6 is 0 Å². The average Bonchev–Trinajstić information content (AvgIpc) is 2.12. The van der Waals surface area contributed by atoms with Crippen molar-refractivity contribution in [2.75, 3.05) is 0 Å². The van der Waals surface area contributed by atoms with E-state index in [1.807, 2.05) is 0 Å². The fourth-order valence-corrected chi connectivity index (χ4v) is 2.49. The molecule has 0 aliphatic heterocycles. The first kappa shape index (κ1) is 16.9. The van der Waals surface area contributed by atoms with Crippen molar-refractivity contribution in [2.24, 2.45) is 0 Å². The van der Waals surface area contributed by atoms with Gasteiger partial charge in [0, 0.05) is 0 Å². The number of hydrogen-bond acceptors (Lipinski definition) is 3. The van der Waals surface area contributed by atoms with Gasteiger partial charge < -0.3 is 0 Å². The van der Waals surface area contributed by atoms with E-state index in [0.29, 0.717) is 6.42 Å². The lowest BCUT2D eigenvalue weighted by Crippen LogP contribution is -2.27. The van der Waals surface area contributed by atoms with Crippen molar-refractivity contribution in [3.63, 3.8) is 0 Å². The molecule has 0 spiro atoms. The van der Waals surface area contributed by atoms with E-state index in [0.717, 1.165) is 12.8 Å². The molecule has 0 bridgehead atoms. The molecule has 1 N–H and O–H groups in total. The van der Waals surface area contributed by atoms with Gasteiger partial charge in [-0.1, -0.05) is 51.9 Å². The summed E-state index contributed by atoms with van der Waals surface area (Å²) < 4.78 is 34.4. The summed E-state index contributed by atoms with van der Waals surface area (Å²) in [5.74, 6) is 0. The van der Waals surface area contributed by atoms with Gasteiger partial charge in [-0.05, 0) is 20.3 Å². The lowest BCUT2D eigenvalue weighted by molar-refractivity contribution is 0.0876. The smallest absolute Gasteiger partial charge is 0.264 e. The molecule has 0 saturated carbocycles. The van der Waals surface area contributed by atoms with E-state index < -0.39 is 16.0 Å². The van der Waals surface area contributed by atoms with Gasteiger partial charge in [0.1, 0.15) is 0 Å². The Hall–Kier alpha value is -0.130. The van der Waals surface area contributed by atoms with Crippen LogP contribution in [0.3, 0.4) is 0 Å². The highest BCUT2D eigenvalue weighted by Crippen LogP contribution is 2.21. The Bertz CT molecular complexity index is 283. The summed E-state index contributed by atoms with van der Waals surface area (Å²) in [7, 11) is -4.34. The van der Waals surface area contributed by atoms with Crippen molar-refractivity contribution < 1.29 is 17.2 Å². The minimum atomic E-state index is -4.34. The maximum atomic E-state index is 10.6. The van der Waals surface area contributed by atoms with E-state index in [4.69, 9.17) is 4.55 Å². The quantitative estimate of drug-likeness (QED) is 0.483. The van der Waals surface area contributed by atoms with Crippen LogP contribution in [0.2, 0.25) is 0 Å². The maximum Gasteiger partial charge on any atom is 0.397 e. The third-order valence-corrected chi connectivity index (χ3v) is 3.38. The van der Waals surface area contributed by atoms with E-state index in [-0.39, 0.29) is 0 Å². The molecule has 4 nitrogen and oxygen atoms in total. The van der Waals surface area contributed by atoms with E-state index in [2.05, 4.69) is 11.1 Å². The fraction of sp³-hybridized carbons (Fsp3) is 1.00. The molecule has 0 amide bonds. The predicted octanol–water partition coefficient (Wildman–Crippen LogP) is 3.73. The van der Waals surface area contributed by atoms with Crippen LogP contribution in [0, 0.1) is 0 Å². The van der Waals surface area contributed by atoms with Gasteiger partial charge in [-0.2, -0.15) is 8.42 Å². The first-order chi connectivity index (χ1) is 7.77. The minimum absolute atomic E-state index is 0.639. The summed E-state index contributed by atoms with van der Waals surface area (Å²) in [6.07, 6.45) is 8.89. The molecule has 0 heterocycles. The summed E-state index contributed by atoms with van der Waals surface area (Å²) in [6.45, 7) is 5.55. The molecule has 0 fully saturated rings. The molecule has 0 aromatic rings.